The topological polar surface area (TPSA) is 29.9 Å². The Hall–Kier alpha value is -1.29. The minimum atomic E-state index is 0.855. The molecule has 2 aromatic heterocycles. The minimum Gasteiger partial charge on any atom is -0.351 e. The summed E-state index contributed by atoms with van der Waals surface area (Å²) in [5, 5.41) is 5.44. The third-order valence-corrected chi connectivity index (χ3v) is 3.11. The monoisotopic (exact) mass is 221 g/mol. The summed E-state index contributed by atoms with van der Waals surface area (Å²) in [4.78, 5) is 5.77. The largest absolute Gasteiger partial charge is 0.351 e. The fraction of sp³-hybridized carbons (Fsp3) is 0.364. The maximum absolute atomic E-state index is 4.44. The zero-order valence-electron chi connectivity index (χ0n) is 9.03. The van der Waals surface area contributed by atoms with Gasteiger partial charge in [-0.3, -0.25) is 0 Å². The van der Waals surface area contributed by atoms with Crippen molar-refractivity contribution in [3.63, 3.8) is 0 Å². The van der Waals surface area contributed by atoms with Crippen LogP contribution in [0.2, 0.25) is 0 Å². The lowest BCUT2D eigenvalue weighted by Crippen LogP contribution is -2.05. The molecule has 0 saturated carbocycles. The smallest absolute Gasteiger partial charge is 0.203 e. The van der Waals surface area contributed by atoms with Crippen molar-refractivity contribution in [3.05, 3.63) is 34.3 Å². The first-order valence-electron chi connectivity index (χ1n) is 5.09. The molecule has 0 atom stereocenters. The van der Waals surface area contributed by atoms with Crippen LogP contribution in [-0.4, -0.2) is 9.55 Å². The van der Waals surface area contributed by atoms with E-state index in [4.69, 9.17) is 0 Å². The molecule has 0 bridgehead atoms. The van der Waals surface area contributed by atoms with Crippen LogP contribution in [0.3, 0.4) is 0 Å². The van der Waals surface area contributed by atoms with Crippen molar-refractivity contribution in [1.82, 2.24) is 9.55 Å². The SMILES string of the molecule is CCn1cc(C)nc1NCc1cccs1. The molecule has 0 fully saturated rings. The maximum atomic E-state index is 4.44. The van der Waals surface area contributed by atoms with Crippen LogP contribution >= 0.6 is 11.3 Å². The average molecular weight is 221 g/mol. The van der Waals surface area contributed by atoms with Crippen LogP contribution in [0.1, 0.15) is 17.5 Å². The normalized spacial score (nSPS) is 10.5. The maximum Gasteiger partial charge on any atom is 0.203 e. The molecule has 3 nitrogen and oxygen atoms in total. The number of aromatic nitrogens is 2. The van der Waals surface area contributed by atoms with Gasteiger partial charge in [-0.2, -0.15) is 0 Å². The van der Waals surface area contributed by atoms with Crippen molar-refractivity contribution in [3.8, 4) is 0 Å². The third kappa shape index (κ3) is 2.39. The van der Waals surface area contributed by atoms with Crippen LogP contribution in [0, 0.1) is 6.92 Å². The first-order valence-corrected chi connectivity index (χ1v) is 5.97. The highest BCUT2D eigenvalue weighted by molar-refractivity contribution is 7.09. The van der Waals surface area contributed by atoms with E-state index in [2.05, 4.69) is 45.5 Å². The Balaban J connectivity index is 2.04. The molecule has 0 radical (unpaired) electrons. The zero-order chi connectivity index (χ0) is 10.7. The number of anilines is 1. The lowest BCUT2D eigenvalue weighted by molar-refractivity contribution is 0.763. The van der Waals surface area contributed by atoms with Gasteiger partial charge in [-0.05, 0) is 25.3 Å². The van der Waals surface area contributed by atoms with Crippen LogP contribution in [0.5, 0.6) is 0 Å². The molecule has 0 unspecified atom stereocenters. The van der Waals surface area contributed by atoms with E-state index in [-0.39, 0.29) is 0 Å². The zero-order valence-corrected chi connectivity index (χ0v) is 9.84. The molecule has 80 valence electrons. The number of imidazole rings is 1. The number of aryl methyl sites for hydroxylation is 2. The van der Waals surface area contributed by atoms with Gasteiger partial charge in [0.05, 0.1) is 12.2 Å². The first-order chi connectivity index (χ1) is 7.29. The van der Waals surface area contributed by atoms with Crippen LogP contribution < -0.4 is 5.32 Å². The van der Waals surface area contributed by atoms with Crippen molar-refractivity contribution in [1.29, 1.82) is 0 Å². The highest BCUT2D eigenvalue weighted by atomic mass is 32.1. The lowest BCUT2D eigenvalue weighted by Gasteiger charge is -2.05. The fourth-order valence-electron chi connectivity index (χ4n) is 1.51. The number of rotatable bonds is 4. The van der Waals surface area contributed by atoms with Crippen LogP contribution in [0.15, 0.2) is 23.7 Å². The molecule has 0 aliphatic heterocycles. The van der Waals surface area contributed by atoms with E-state index >= 15 is 0 Å². The molecule has 2 aromatic rings. The van der Waals surface area contributed by atoms with E-state index in [0.29, 0.717) is 0 Å². The van der Waals surface area contributed by atoms with Crippen molar-refractivity contribution >= 4 is 17.3 Å². The molecule has 0 aliphatic rings. The molecule has 0 aliphatic carbocycles. The average Bonchev–Trinajstić information content (AvgIpc) is 2.83. The molecule has 0 saturated heterocycles. The summed E-state index contributed by atoms with van der Waals surface area (Å²) < 4.78 is 2.13. The van der Waals surface area contributed by atoms with Gasteiger partial charge >= 0.3 is 0 Å². The van der Waals surface area contributed by atoms with Gasteiger partial charge in [0.25, 0.3) is 0 Å². The molecular formula is C11H15N3S. The number of thiophene rings is 1. The van der Waals surface area contributed by atoms with E-state index in [1.165, 1.54) is 4.88 Å². The molecular weight excluding hydrogens is 206 g/mol. The van der Waals surface area contributed by atoms with Gasteiger partial charge in [-0.15, -0.1) is 11.3 Å². The Kier molecular flexibility index (Phi) is 3.06. The molecule has 15 heavy (non-hydrogen) atoms. The van der Waals surface area contributed by atoms with Crippen molar-refractivity contribution in [2.24, 2.45) is 0 Å². The van der Waals surface area contributed by atoms with E-state index in [9.17, 15) is 0 Å². The Morgan fingerprint density at radius 1 is 1.53 bits per heavy atom. The fourth-order valence-corrected chi connectivity index (χ4v) is 2.15. The summed E-state index contributed by atoms with van der Waals surface area (Å²) in [6.45, 7) is 5.95. The Morgan fingerprint density at radius 3 is 3.07 bits per heavy atom. The van der Waals surface area contributed by atoms with Gasteiger partial charge in [0.15, 0.2) is 0 Å². The summed E-state index contributed by atoms with van der Waals surface area (Å²) in [5.74, 6) is 0.961. The quantitative estimate of drug-likeness (QED) is 0.860. The summed E-state index contributed by atoms with van der Waals surface area (Å²) >= 11 is 1.76. The third-order valence-electron chi connectivity index (χ3n) is 2.24. The second kappa shape index (κ2) is 4.49. The number of hydrogen-bond acceptors (Lipinski definition) is 3. The highest BCUT2D eigenvalue weighted by Gasteiger charge is 2.03. The van der Waals surface area contributed by atoms with Gasteiger partial charge < -0.3 is 9.88 Å². The van der Waals surface area contributed by atoms with Gasteiger partial charge in [0.1, 0.15) is 0 Å². The van der Waals surface area contributed by atoms with Gasteiger partial charge in [-0.25, -0.2) is 4.98 Å². The molecule has 2 rings (SSSR count). The van der Waals surface area contributed by atoms with Crippen molar-refractivity contribution < 1.29 is 0 Å². The van der Waals surface area contributed by atoms with Crippen LogP contribution in [0.4, 0.5) is 5.95 Å². The van der Waals surface area contributed by atoms with E-state index in [0.717, 1.165) is 24.7 Å². The Bertz CT molecular complexity index is 417. The van der Waals surface area contributed by atoms with Gasteiger partial charge in [-0.1, -0.05) is 6.07 Å². The number of nitrogens with zero attached hydrogens (tertiary/aromatic N) is 2. The summed E-state index contributed by atoms with van der Waals surface area (Å²) in [7, 11) is 0. The van der Waals surface area contributed by atoms with E-state index < -0.39 is 0 Å². The summed E-state index contributed by atoms with van der Waals surface area (Å²) in [6, 6.07) is 4.20. The Labute approximate surface area is 93.8 Å². The molecule has 0 amide bonds. The molecule has 1 N–H and O–H groups in total. The second-order valence-corrected chi connectivity index (χ2v) is 4.46. The number of hydrogen-bond donors (Lipinski definition) is 1. The molecule has 4 heteroatoms. The minimum absolute atomic E-state index is 0.855. The molecule has 0 spiro atoms. The van der Waals surface area contributed by atoms with E-state index in [1.807, 2.05) is 6.92 Å². The van der Waals surface area contributed by atoms with Gasteiger partial charge in [0.2, 0.25) is 5.95 Å². The van der Waals surface area contributed by atoms with Crippen molar-refractivity contribution in [2.75, 3.05) is 5.32 Å². The van der Waals surface area contributed by atoms with Gasteiger partial charge in [0, 0.05) is 17.6 Å². The van der Waals surface area contributed by atoms with Crippen LogP contribution in [-0.2, 0) is 13.1 Å². The summed E-state index contributed by atoms with van der Waals surface area (Å²) in [6.07, 6.45) is 2.07. The second-order valence-electron chi connectivity index (χ2n) is 3.42. The van der Waals surface area contributed by atoms with Crippen LogP contribution in [0.25, 0.3) is 0 Å². The number of nitrogens with one attached hydrogen (secondary N) is 1. The first kappa shape index (κ1) is 10.2. The lowest BCUT2D eigenvalue weighted by atomic mass is 10.5. The predicted octanol–water partition coefficient (Wildman–Crippen LogP) is 2.89. The van der Waals surface area contributed by atoms with E-state index in [1.54, 1.807) is 11.3 Å². The summed E-state index contributed by atoms with van der Waals surface area (Å²) in [5.41, 5.74) is 1.06. The predicted molar refractivity (Wildman–Crippen MR) is 64.3 cm³/mol. The highest BCUT2D eigenvalue weighted by Crippen LogP contribution is 2.13. The standard InChI is InChI=1S/C11H15N3S/c1-3-14-8-9(2)13-11(14)12-7-10-5-4-6-15-10/h4-6,8H,3,7H2,1-2H3,(H,12,13). The molecule has 0 aromatic carbocycles. The molecule has 2 heterocycles. The van der Waals surface area contributed by atoms with Crippen molar-refractivity contribution in [2.45, 2.75) is 26.9 Å². The Morgan fingerprint density at radius 2 is 2.40 bits per heavy atom.